The average molecular weight is 398 g/mol. The van der Waals surface area contributed by atoms with Gasteiger partial charge in [0.1, 0.15) is 5.82 Å². The van der Waals surface area contributed by atoms with Gasteiger partial charge in [-0.15, -0.1) is 0 Å². The van der Waals surface area contributed by atoms with E-state index in [0.717, 1.165) is 28.9 Å². The predicted octanol–water partition coefficient (Wildman–Crippen LogP) is 5.25. The van der Waals surface area contributed by atoms with E-state index in [4.69, 9.17) is 5.10 Å². The summed E-state index contributed by atoms with van der Waals surface area (Å²) in [5, 5.41) is 17.6. The van der Waals surface area contributed by atoms with Crippen molar-refractivity contribution in [2.24, 2.45) is 0 Å². The summed E-state index contributed by atoms with van der Waals surface area (Å²) in [7, 11) is 0. The molecule has 0 saturated carbocycles. The van der Waals surface area contributed by atoms with Crippen LogP contribution in [0.3, 0.4) is 0 Å². The number of para-hydroxylation sites is 1. The summed E-state index contributed by atoms with van der Waals surface area (Å²) < 4.78 is 1.80. The molecule has 0 saturated heterocycles. The number of nitrogens with one attached hydrogen (secondary N) is 1. The van der Waals surface area contributed by atoms with Crippen LogP contribution in [0.1, 0.15) is 28.4 Å². The van der Waals surface area contributed by atoms with E-state index in [-0.39, 0.29) is 5.56 Å². The Morgan fingerprint density at radius 2 is 1.93 bits per heavy atom. The van der Waals surface area contributed by atoms with Gasteiger partial charge in [0.05, 0.1) is 22.6 Å². The highest BCUT2D eigenvalue weighted by atomic mass is 16.4. The van der Waals surface area contributed by atoms with Gasteiger partial charge in [-0.1, -0.05) is 37.3 Å². The lowest BCUT2D eigenvalue weighted by molar-refractivity contribution is 0.0698. The maximum absolute atomic E-state index is 11.6. The molecule has 0 spiro atoms. The molecule has 30 heavy (non-hydrogen) atoms. The van der Waals surface area contributed by atoms with Gasteiger partial charge in [-0.2, -0.15) is 5.10 Å². The summed E-state index contributed by atoms with van der Waals surface area (Å²) in [4.78, 5) is 15.8. The third kappa shape index (κ3) is 3.80. The molecule has 0 unspecified atom stereocenters. The monoisotopic (exact) mass is 398 g/mol. The van der Waals surface area contributed by atoms with Crippen LogP contribution in [0.15, 0.2) is 73.1 Å². The van der Waals surface area contributed by atoms with E-state index in [1.807, 2.05) is 31.2 Å². The Balaban J connectivity index is 1.85. The number of carboxylic acids is 1. The Hall–Kier alpha value is -3.93. The predicted molar refractivity (Wildman–Crippen MR) is 118 cm³/mol. The second-order valence-corrected chi connectivity index (χ2v) is 7.02. The maximum Gasteiger partial charge on any atom is 0.337 e. The molecule has 4 aromatic rings. The molecule has 0 fully saturated rings. The summed E-state index contributed by atoms with van der Waals surface area (Å²) in [6.45, 7) is 4.09. The van der Waals surface area contributed by atoms with Crippen LogP contribution in [0.2, 0.25) is 0 Å². The highest BCUT2D eigenvalue weighted by molar-refractivity contribution is 5.95. The van der Waals surface area contributed by atoms with Crippen molar-refractivity contribution in [1.29, 1.82) is 0 Å². The Morgan fingerprint density at radius 3 is 2.70 bits per heavy atom. The molecule has 0 amide bonds. The molecule has 0 aliphatic carbocycles. The molecule has 0 atom stereocenters. The van der Waals surface area contributed by atoms with Crippen LogP contribution in [0, 0.1) is 6.92 Å². The van der Waals surface area contributed by atoms with Crippen LogP contribution >= 0.6 is 0 Å². The number of aromatic carboxylic acids is 1. The number of aromatic nitrogens is 3. The zero-order valence-corrected chi connectivity index (χ0v) is 16.8. The lowest BCUT2D eigenvalue weighted by Crippen LogP contribution is -2.07. The third-order valence-electron chi connectivity index (χ3n) is 4.98. The van der Waals surface area contributed by atoms with E-state index < -0.39 is 5.97 Å². The van der Waals surface area contributed by atoms with Crippen molar-refractivity contribution in [1.82, 2.24) is 14.8 Å². The molecule has 6 nitrogen and oxygen atoms in total. The van der Waals surface area contributed by atoms with Gasteiger partial charge in [0.25, 0.3) is 0 Å². The summed E-state index contributed by atoms with van der Waals surface area (Å²) in [6.07, 6.45) is 4.44. The Morgan fingerprint density at radius 1 is 1.10 bits per heavy atom. The first-order valence-corrected chi connectivity index (χ1v) is 9.76. The van der Waals surface area contributed by atoms with Gasteiger partial charge in [0.2, 0.25) is 0 Å². The van der Waals surface area contributed by atoms with Gasteiger partial charge in [0.15, 0.2) is 0 Å². The standard InChI is InChI=1S/C24H22N4O2/c1-3-17-7-6-8-18(13-17)21-14-23(26-20-10-5-4-9-19(20)24(29)30)28(27-21)22-11-12-25-15-16(22)2/h4-15,26H,3H2,1-2H3,(H,29,30). The van der Waals surface area contributed by atoms with E-state index in [0.29, 0.717) is 11.5 Å². The first-order chi connectivity index (χ1) is 14.6. The Bertz CT molecular complexity index is 1210. The quantitative estimate of drug-likeness (QED) is 0.464. The average Bonchev–Trinajstić information content (AvgIpc) is 3.18. The molecule has 0 aliphatic heterocycles. The van der Waals surface area contributed by atoms with Crippen molar-refractivity contribution in [2.75, 3.05) is 5.32 Å². The molecule has 0 aliphatic rings. The van der Waals surface area contributed by atoms with Gasteiger partial charge in [0, 0.05) is 24.0 Å². The number of benzene rings is 2. The van der Waals surface area contributed by atoms with Crippen LogP contribution < -0.4 is 5.32 Å². The van der Waals surface area contributed by atoms with Crippen molar-refractivity contribution in [3.05, 3.63) is 89.7 Å². The number of anilines is 2. The number of nitrogens with zero attached hydrogens (tertiary/aromatic N) is 3. The van der Waals surface area contributed by atoms with Crippen LogP contribution in [0.4, 0.5) is 11.5 Å². The minimum Gasteiger partial charge on any atom is -0.478 e. The Labute approximate surface area is 174 Å². The van der Waals surface area contributed by atoms with Gasteiger partial charge in [-0.3, -0.25) is 4.98 Å². The second kappa shape index (κ2) is 8.21. The second-order valence-electron chi connectivity index (χ2n) is 7.02. The maximum atomic E-state index is 11.6. The number of carboxylic acid groups (broad SMARTS) is 1. The normalized spacial score (nSPS) is 10.7. The van der Waals surface area contributed by atoms with Crippen LogP contribution in [-0.4, -0.2) is 25.8 Å². The minimum atomic E-state index is -0.986. The van der Waals surface area contributed by atoms with Gasteiger partial charge in [-0.25, -0.2) is 9.48 Å². The number of aryl methyl sites for hydroxylation is 2. The molecule has 4 rings (SSSR count). The fourth-order valence-corrected chi connectivity index (χ4v) is 3.37. The lowest BCUT2D eigenvalue weighted by atomic mass is 10.1. The van der Waals surface area contributed by atoms with Crippen molar-refractivity contribution in [3.8, 4) is 16.9 Å². The zero-order chi connectivity index (χ0) is 21.1. The number of hydrogen-bond acceptors (Lipinski definition) is 4. The molecular formula is C24H22N4O2. The summed E-state index contributed by atoms with van der Waals surface area (Å²) in [5.74, 6) is -0.310. The SMILES string of the molecule is CCc1cccc(-c2cc(Nc3ccccc3C(=O)O)n(-c3ccncc3C)n2)c1. The molecule has 6 heteroatoms. The topological polar surface area (TPSA) is 80.0 Å². The first-order valence-electron chi connectivity index (χ1n) is 9.76. The van der Waals surface area contributed by atoms with Crippen molar-refractivity contribution in [2.45, 2.75) is 20.3 Å². The zero-order valence-electron chi connectivity index (χ0n) is 16.8. The highest BCUT2D eigenvalue weighted by Gasteiger charge is 2.16. The van der Waals surface area contributed by atoms with Crippen LogP contribution in [0.25, 0.3) is 16.9 Å². The van der Waals surface area contributed by atoms with Crippen molar-refractivity contribution in [3.63, 3.8) is 0 Å². The fourth-order valence-electron chi connectivity index (χ4n) is 3.37. The van der Waals surface area contributed by atoms with Crippen molar-refractivity contribution >= 4 is 17.5 Å². The summed E-state index contributed by atoms with van der Waals surface area (Å²) >= 11 is 0. The largest absolute Gasteiger partial charge is 0.478 e. The Kier molecular flexibility index (Phi) is 5.30. The van der Waals surface area contributed by atoms with Crippen LogP contribution in [0.5, 0.6) is 0 Å². The van der Waals surface area contributed by atoms with E-state index >= 15 is 0 Å². The summed E-state index contributed by atoms with van der Waals surface area (Å²) in [6, 6.07) is 18.9. The van der Waals surface area contributed by atoms with E-state index in [9.17, 15) is 9.90 Å². The minimum absolute atomic E-state index is 0.200. The number of hydrogen-bond donors (Lipinski definition) is 2. The summed E-state index contributed by atoms with van der Waals surface area (Å²) in [5.41, 5.74) is 5.58. The number of rotatable bonds is 6. The molecule has 0 radical (unpaired) electrons. The molecule has 0 bridgehead atoms. The number of carbonyl (C=O) groups is 1. The molecule has 2 heterocycles. The lowest BCUT2D eigenvalue weighted by Gasteiger charge is -2.13. The first kappa shape index (κ1) is 19.4. The smallest absolute Gasteiger partial charge is 0.337 e. The van der Waals surface area contributed by atoms with E-state index in [1.165, 1.54) is 5.56 Å². The van der Waals surface area contributed by atoms with Crippen molar-refractivity contribution < 1.29 is 9.90 Å². The molecule has 2 aromatic carbocycles. The molecular weight excluding hydrogens is 376 g/mol. The number of pyridine rings is 1. The fraction of sp³-hybridized carbons (Fsp3) is 0.125. The van der Waals surface area contributed by atoms with E-state index in [1.54, 1.807) is 41.3 Å². The van der Waals surface area contributed by atoms with Crippen LogP contribution in [-0.2, 0) is 6.42 Å². The van der Waals surface area contributed by atoms with Gasteiger partial charge in [-0.05, 0) is 48.7 Å². The molecule has 150 valence electrons. The molecule has 2 aromatic heterocycles. The van der Waals surface area contributed by atoms with Gasteiger partial charge >= 0.3 is 5.97 Å². The van der Waals surface area contributed by atoms with E-state index in [2.05, 4.69) is 29.4 Å². The van der Waals surface area contributed by atoms with Gasteiger partial charge < -0.3 is 10.4 Å². The third-order valence-corrected chi connectivity index (χ3v) is 4.98. The molecule has 2 N–H and O–H groups in total. The highest BCUT2D eigenvalue weighted by Crippen LogP contribution is 2.29.